The van der Waals surface area contributed by atoms with E-state index in [2.05, 4.69) is 41.3 Å². The van der Waals surface area contributed by atoms with Crippen molar-refractivity contribution in [2.45, 2.75) is 32.9 Å². The van der Waals surface area contributed by atoms with Gasteiger partial charge in [-0.3, -0.25) is 4.90 Å². The Hall–Kier alpha value is -1.84. The smallest absolute Gasteiger partial charge is 0.123 e. The van der Waals surface area contributed by atoms with Crippen LogP contribution in [-0.2, 0) is 13.0 Å². The number of nitrogens with zero attached hydrogens (tertiary/aromatic N) is 1. The van der Waals surface area contributed by atoms with Gasteiger partial charge >= 0.3 is 0 Å². The highest BCUT2D eigenvalue weighted by Crippen LogP contribution is 2.29. The molecule has 3 rings (SSSR count). The number of hydrogen-bond acceptors (Lipinski definition) is 3. The highest BCUT2D eigenvalue weighted by atomic mass is 16.5. The van der Waals surface area contributed by atoms with Crippen LogP contribution in [0.5, 0.6) is 5.75 Å². The zero-order valence-corrected chi connectivity index (χ0v) is 14.6. The quantitative estimate of drug-likeness (QED) is 0.907. The summed E-state index contributed by atoms with van der Waals surface area (Å²) >= 11 is 0. The van der Waals surface area contributed by atoms with Crippen molar-refractivity contribution in [1.29, 1.82) is 0 Å². The topological polar surface area (TPSA) is 32.7 Å². The fourth-order valence-electron chi connectivity index (χ4n) is 3.16. The van der Waals surface area contributed by atoms with Crippen LogP contribution in [0.1, 0.15) is 36.6 Å². The third-order valence-corrected chi connectivity index (χ3v) is 4.68. The van der Waals surface area contributed by atoms with E-state index in [-0.39, 0.29) is 5.92 Å². The van der Waals surface area contributed by atoms with Gasteiger partial charge < -0.3 is 9.84 Å². The van der Waals surface area contributed by atoms with Crippen molar-refractivity contribution in [1.82, 2.24) is 4.90 Å². The lowest BCUT2D eigenvalue weighted by Crippen LogP contribution is -2.28. The van der Waals surface area contributed by atoms with E-state index in [1.807, 2.05) is 26.0 Å². The number of aliphatic hydroxyl groups excluding tert-OH is 1. The molecule has 0 saturated heterocycles. The van der Waals surface area contributed by atoms with E-state index in [9.17, 15) is 5.11 Å². The molecule has 1 atom stereocenters. The first-order valence-corrected chi connectivity index (χ1v) is 8.83. The average Bonchev–Trinajstić information content (AvgIpc) is 2.81. The Balaban J connectivity index is 1.70. The maximum atomic E-state index is 10.3. The number of fused-ring (bicyclic) bond motifs is 1. The fourth-order valence-corrected chi connectivity index (χ4v) is 3.16. The van der Waals surface area contributed by atoms with Crippen molar-refractivity contribution >= 4 is 0 Å². The van der Waals surface area contributed by atoms with Crippen LogP contribution in [0.3, 0.4) is 0 Å². The average molecular weight is 325 g/mol. The fraction of sp³-hybridized carbons (Fsp3) is 0.429. The normalized spacial score (nSPS) is 16.3. The molecule has 1 heterocycles. The minimum atomic E-state index is -0.420. The van der Waals surface area contributed by atoms with E-state index in [4.69, 9.17) is 4.74 Å². The van der Waals surface area contributed by atoms with Crippen LogP contribution < -0.4 is 4.74 Å². The zero-order valence-electron chi connectivity index (χ0n) is 14.6. The Morgan fingerprint density at radius 2 is 1.92 bits per heavy atom. The molecule has 3 heteroatoms. The van der Waals surface area contributed by atoms with Gasteiger partial charge in [0.1, 0.15) is 12.4 Å². The molecule has 0 unspecified atom stereocenters. The molecule has 2 aromatic rings. The first kappa shape index (κ1) is 17.0. The maximum Gasteiger partial charge on any atom is 0.123 e. The number of aliphatic hydroxyl groups is 1. The Kier molecular flexibility index (Phi) is 5.54. The molecule has 0 radical (unpaired) electrons. The molecule has 1 N–H and O–H groups in total. The molecule has 0 amide bonds. The molecule has 24 heavy (non-hydrogen) atoms. The summed E-state index contributed by atoms with van der Waals surface area (Å²) in [4.78, 5) is 2.43. The van der Waals surface area contributed by atoms with Gasteiger partial charge in [-0.1, -0.05) is 50.2 Å². The molecule has 0 aromatic heterocycles. The lowest BCUT2D eigenvalue weighted by atomic mass is 9.97. The van der Waals surface area contributed by atoms with Crippen LogP contribution in [0.25, 0.3) is 0 Å². The number of rotatable bonds is 5. The van der Waals surface area contributed by atoms with E-state index in [1.165, 1.54) is 11.1 Å². The predicted octanol–water partition coefficient (Wildman–Crippen LogP) is 3.81. The van der Waals surface area contributed by atoms with Crippen LogP contribution in [0.15, 0.2) is 48.5 Å². The molecule has 0 bridgehead atoms. The van der Waals surface area contributed by atoms with Gasteiger partial charge in [-0.05, 0) is 35.6 Å². The second kappa shape index (κ2) is 7.82. The van der Waals surface area contributed by atoms with Gasteiger partial charge in [0.15, 0.2) is 0 Å². The van der Waals surface area contributed by atoms with E-state index in [1.54, 1.807) is 0 Å². The number of ether oxygens (including phenoxy) is 1. The van der Waals surface area contributed by atoms with Gasteiger partial charge in [-0.15, -0.1) is 0 Å². The lowest BCUT2D eigenvalue weighted by molar-refractivity contribution is 0.126. The highest BCUT2D eigenvalue weighted by Gasteiger charge is 2.18. The zero-order chi connectivity index (χ0) is 16.9. The first-order valence-electron chi connectivity index (χ1n) is 8.83. The molecular formula is C21H27NO2. The van der Waals surface area contributed by atoms with Crippen molar-refractivity contribution in [3.63, 3.8) is 0 Å². The van der Waals surface area contributed by atoms with Gasteiger partial charge in [0, 0.05) is 25.2 Å². The molecular weight excluding hydrogens is 298 g/mol. The summed E-state index contributed by atoms with van der Waals surface area (Å²) in [5.41, 5.74) is 3.53. The summed E-state index contributed by atoms with van der Waals surface area (Å²) in [7, 11) is 0. The van der Waals surface area contributed by atoms with Crippen LogP contribution in [0.2, 0.25) is 0 Å². The first-order chi connectivity index (χ1) is 11.6. The summed E-state index contributed by atoms with van der Waals surface area (Å²) in [5.74, 6) is 1.17. The Bertz CT molecular complexity index is 654. The molecule has 1 aliphatic rings. The monoisotopic (exact) mass is 325 g/mol. The molecule has 1 aliphatic heterocycles. The van der Waals surface area contributed by atoms with Gasteiger partial charge in [-0.2, -0.15) is 0 Å². The summed E-state index contributed by atoms with van der Waals surface area (Å²) in [6.45, 7) is 7.63. The van der Waals surface area contributed by atoms with Gasteiger partial charge in [-0.25, -0.2) is 0 Å². The van der Waals surface area contributed by atoms with Gasteiger partial charge in [0.05, 0.1) is 6.10 Å². The van der Waals surface area contributed by atoms with Crippen molar-refractivity contribution in [3.8, 4) is 5.75 Å². The molecule has 0 fully saturated rings. The molecule has 0 aliphatic carbocycles. The molecule has 0 saturated carbocycles. The lowest BCUT2D eigenvalue weighted by Gasteiger charge is -2.20. The maximum absolute atomic E-state index is 10.3. The standard InChI is InChI=1S/C21H27NO2/c1-16(2)21(23)18-8-9-20-19(14-18)15-22(12-13-24-20)11-10-17-6-4-3-5-7-17/h3-9,14,16,21,23H,10-13,15H2,1-2H3/t21-/m0/s1. The van der Waals surface area contributed by atoms with E-state index in [0.717, 1.165) is 37.4 Å². The van der Waals surface area contributed by atoms with Crippen molar-refractivity contribution in [3.05, 3.63) is 65.2 Å². The number of hydrogen-bond donors (Lipinski definition) is 1. The minimum Gasteiger partial charge on any atom is -0.492 e. The Labute approximate surface area is 144 Å². The second-order valence-electron chi connectivity index (χ2n) is 6.92. The van der Waals surface area contributed by atoms with Crippen molar-refractivity contribution in [2.75, 3.05) is 19.7 Å². The summed E-state index contributed by atoms with van der Waals surface area (Å²) in [6.07, 6.45) is 0.626. The van der Waals surface area contributed by atoms with Gasteiger partial charge in [0.25, 0.3) is 0 Å². The molecule has 0 spiro atoms. The Morgan fingerprint density at radius 3 is 2.67 bits per heavy atom. The van der Waals surface area contributed by atoms with E-state index < -0.39 is 6.10 Å². The second-order valence-corrected chi connectivity index (χ2v) is 6.92. The minimum absolute atomic E-state index is 0.212. The number of benzene rings is 2. The van der Waals surface area contributed by atoms with Crippen LogP contribution in [-0.4, -0.2) is 29.7 Å². The molecule has 128 valence electrons. The predicted molar refractivity (Wildman–Crippen MR) is 97.2 cm³/mol. The largest absolute Gasteiger partial charge is 0.492 e. The van der Waals surface area contributed by atoms with E-state index >= 15 is 0 Å². The summed E-state index contributed by atoms with van der Waals surface area (Å²) in [5, 5.41) is 10.3. The SMILES string of the molecule is CC(C)[C@H](O)c1ccc2c(c1)CN(CCc1ccccc1)CCO2. The van der Waals surface area contributed by atoms with Crippen LogP contribution in [0, 0.1) is 5.92 Å². The molecule has 3 nitrogen and oxygen atoms in total. The molecule has 2 aromatic carbocycles. The van der Waals surface area contributed by atoms with Crippen molar-refractivity contribution < 1.29 is 9.84 Å². The van der Waals surface area contributed by atoms with E-state index in [0.29, 0.717) is 6.61 Å². The summed E-state index contributed by atoms with van der Waals surface area (Å²) < 4.78 is 5.90. The van der Waals surface area contributed by atoms with Crippen LogP contribution in [0.4, 0.5) is 0 Å². The third kappa shape index (κ3) is 4.16. The van der Waals surface area contributed by atoms with Crippen molar-refractivity contribution in [2.24, 2.45) is 5.92 Å². The highest BCUT2D eigenvalue weighted by molar-refractivity contribution is 5.38. The summed E-state index contributed by atoms with van der Waals surface area (Å²) in [6, 6.07) is 16.7. The van der Waals surface area contributed by atoms with Gasteiger partial charge in [0.2, 0.25) is 0 Å². The van der Waals surface area contributed by atoms with Crippen LogP contribution >= 0.6 is 0 Å². The third-order valence-electron chi connectivity index (χ3n) is 4.68. The Morgan fingerprint density at radius 1 is 1.12 bits per heavy atom.